The summed E-state index contributed by atoms with van der Waals surface area (Å²) in [7, 11) is 0. The number of hydroxylamine groups is 3. The van der Waals surface area contributed by atoms with E-state index in [2.05, 4.69) is 5.10 Å². The molecule has 1 aromatic heterocycles. The van der Waals surface area contributed by atoms with Crippen molar-refractivity contribution in [2.45, 2.75) is 37.5 Å². The summed E-state index contributed by atoms with van der Waals surface area (Å²) < 4.78 is 53.3. The monoisotopic (exact) mass is 488 g/mol. The Kier molecular flexibility index (Phi) is 4.82. The second-order valence-corrected chi connectivity index (χ2v) is 8.65. The molecule has 0 unspecified atom stereocenters. The normalized spacial score (nSPS) is 20.7. The number of carbonyl (C=O) groups excluding carboxylic acids is 1. The molecule has 4 heterocycles. The van der Waals surface area contributed by atoms with Crippen LogP contribution in [0, 0.1) is 0 Å². The highest BCUT2D eigenvalue weighted by Crippen LogP contribution is 2.48. The average Bonchev–Trinajstić information content (AvgIpc) is 3.52. The zero-order valence-electron chi connectivity index (χ0n) is 18.1. The maximum atomic E-state index is 13.9. The molecule has 2 bridgehead atoms. The Labute approximate surface area is 196 Å². The summed E-state index contributed by atoms with van der Waals surface area (Å²) in [5.41, 5.74) is -0.292. The van der Waals surface area contributed by atoms with E-state index < -0.39 is 23.8 Å². The first-order valence-electron chi connectivity index (χ1n) is 10.9. The lowest BCUT2D eigenvalue weighted by Crippen LogP contribution is -2.35. The second kappa shape index (κ2) is 7.70. The van der Waals surface area contributed by atoms with E-state index in [0.29, 0.717) is 35.1 Å². The van der Waals surface area contributed by atoms with Gasteiger partial charge in [-0.05, 0) is 43.2 Å². The summed E-state index contributed by atoms with van der Waals surface area (Å²) >= 11 is 0. The van der Waals surface area contributed by atoms with Gasteiger partial charge in [0.2, 0.25) is 6.79 Å². The Morgan fingerprint density at radius 2 is 1.91 bits per heavy atom. The minimum absolute atomic E-state index is 0.0318. The fraction of sp³-hybridized carbons (Fsp3) is 0.304. The van der Waals surface area contributed by atoms with Crippen molar-refractivity contribution in [1.29, 1.82) is 0 Å². The first-order valence-corrected chi connectivity index (χ1v) is 10.9. The number of halogens is 3. The third-order valence-corrected chi connectivity index (χ3v) is 6.65. The lowest BCUT2D eigenvalue weighted by Gasteiger charge is -2.30. The van der Waals surface area contributed by atoms with Crippen molar-refractivity contribution in [1.82, 2.24) is 14.8 Å². The van der Waals surface area contributed by atoms with Gasteiger partial charge in [-0.15, -0.1) is 0 Å². The smallest absolute Gasteiger partial charge is 0.435 e. The van der Waals surface area contributed by atoms with E-state index >= 15 is 0 Å². The van der Waals surface area contributed by atoms with E-state index in [4.69, 9.17) is 9.47 Å². The first kappa shape index (κ1) is 21.9. The van der Waals surface area contributed by atoms with Gasteiger partial charge in [0.25, 0.3) is 5.91 Å². The van der Waals surface area contributed by atoms with Crippen LogP contribution in [0.1, 0.15) is 46.2 Å². The van der Waals surface area contributed by atoms with Gasteiger partial charge in [-0.25, -0.2) is 4.68 Å². The summed E-state index contributed by atoms with van der Waals surface area (Å²) in [6, 6.07) is 9.27. The van der Waals surface area contributed by atoms with Gasteiger partial charge in [0.05, 0.1) is 23.1 Å². The SMILES string of the molecule is O=C(c1cccc(-n2nc(C(F)(F)F)c3c2C[C@@H]2CC[C@H]3N2O)c1)N(O)c1ccc2c(c1)OCO2. The van der Waals surface area contributed by atoms with Crippen molar-refractivity contribution in [2.24, 2.45) is 0 Å². The predicted octanol–water partition coefficient (Wildman–Crippen LogP) is 4.11. The number of hydrogen-bond donors (Lipinski definition) is 2. The van der Waals surface area contributed by atoms with E-state index in [1.807, 2.05) is 0 Å². The number of aromatic nitrogens is 2. The van der Waals surface area contributed by atoms with Crippen LogP contribution in [-0.4, -0.2) is 44.0 Å². The van der Waals surface area contributed by atoms with E-state index in [1.54, 1.807) is 12.1 Å². The molecule has 0 spiro atoms. The number of nitrogens with zero attached hydrogens (tertiary/aromatic N) is 4. The molecule has 0 radical (unpaired) electrons. The van der Waals surface area contributed by atoms with Crippen LogP contribution in [0.2, 0.25) is 0 Å². The van der Waals surface area contributed by atoms with Crippen LogP contribution in [-0.2, 0) is 12.6 Å². The molecule has 182 valence electrons. The van der Waals surface area contributed by atoms with Crippen LogP contribution < -0.4 is 14.5 Å². The van der Waals surface area contributed by atoms with E-state index in [0.717, 1.165) is 5.06 Å². The molecule has 6 rings (SSSR count). The number of amides is 1. The highest BCUT2D eigenvalue weighted by Gasteiger charge is 2.49. The van der Waals surface area contributed by atoms with Crippen LogP contribution in [0.5, 0.6) is 11.5 Å². The summed E-state index contributed by atoms with van der Waals surface area (Å²) in [6.07, 6.45) is -3.55. The van der Waals surface area contributed by atoms with E-state index in [9.17, 15) is 28.4 Å². The molecule has 3 aliphatic rings. The van der Waals surface area contributed by atoms with Crippen LogP contribution in [0.15, 0.2) is 42.5 Å². The zero-order chi connectivity index (χ0) is 24.5. The van der Waals surface area contributed by atoms with Crippen LogP contribution in [0.4, 0.5) is 18.9 Å². The first-order chi connectivity index (χ1) is 16.7. The highest BCUT2D eigenvalue weighted by atomic mass is 19.4. The van der Waals surface area contributed by atoms with Crippen LogP contribution in [0.3, 0.4) is 0 Å². The lowest BCUT2D eigenvalue weighted by molar-refractivity contribution is -0.153. The molecule has 3 aromatic rings. The molecule has 0 saturated carbocycles. The van der Waals surface area contributed by atoms with Gasteiger partial charge < -0.3 is 14.7 Å². The third kappa shape index (κ3) is 3.44. The number of benzene rings is 2. The van der Waals surface area contributed by atoms with E-state index in [1.165, 1.54) is 35.0 Å². The van der Waals surface area contributed by atoms with Gasteiger partial charge in [0.15, 0.2) is 17.2 Å². The molecule has 2 N–H and O–H groups in total. The topological polar surface area (TPSA) is 100 Å². The van der Waals surface area contributed by atoms with Crippen molar-refractivity contribution in [3.63, 3.8) is 0 Å². The van der Waals surface area contributed by atoms with E-state index in [-0.39, 0.29) is 41.8 Å². The van der Waals surface area contributed by atoms with Crippen LogP contribution >= 0.6 is 0 Å². The molecule has 3 aliphatic heterocycles. The number of ether oxygens (including phenoxy) is 2. The van der Waals surface area contributed by atoms with Crippen molar-refractivity contribution < 1.29 is 37.9 Å². The van der Waals surface area contributed by atoms with Gasteiger partial charge >= 0.3 is 6.18 Å². The standard InChI is InChI=1S/C23H19F3N4O5/c24-23(25,26)21-20-16-6-4-14(29(16)32)9-17(20)28(27-21)13-3-1-2-12(8-13)22(31)30(33)15-5-7-18-19(10-15)35-11-34-18/h1-3,5,7-8,10,14,16,32-33H,4,6,9,11H2/t14-,16+/m0/s1. The Bertz CT molecular complexity index is 1340. The van der Waals surface area contributed by atoms with Crippen molar-refractivity contribution >= 4 is 11.6 Å². The molecule has 2 aromatic carbocycles. The van der Waals surface area contributed by atoms with Crippen molar-refractivity contribution in [3.8, 4) is 17.2 Å². The Balaban J connectivity index is 1.37. The zero-order valence-corrected chi connectivity index (χ0v) is 18.1. The summed E-state index contributed by atoms with van der Waals surface area (Å²) in [5.74, 6) is 0.0684. The van der Waals surface area contributed by atoms with Gasteiger partial charge in [-0.2, -0.15) is 28.4 Å². The molecule has 35 heavy (non-hydrogen) atoms. The molecule has 1 fully saturated rings. The molecule has 1 amide bonds. The Morgan fingerprint density at radius 3 is 2.71 bits per heavy atom. The van der Waals surface area contributed by atoms with Gasteiger partial charge in [-0.3, -0.25) is 10.0 Å². The van der Waals surface area contributed by atoms with Gasteiger partial charge in [0, 0.05) is 29.7 Å². The number of anilines is 1. The highest BCUT2D eigenvalue weighted by molar-refractivity contribution is 6.04. The molecule has 0 aliphatic carbocycles. The Hall–Kier alpha value is -3.61. The summed E-state index contributed by atoms with van der Waals surface area (Å²) in [5, 5.41) is 26.1. The fourth-order valence-corrected chi connectivity index (χ4v) is 5.03. The number of carbonyl (C=O) groups is 1. The Morgan fingerprint density at radius 1 is 1.11 bits per heavy atom. The molecule has 2 atom stereocenters. The fourth-order valence-electron chi connectivity index (χ4n) is 5.03. The van der Waals surface area contributed by atoms with Crippen molar-refractivity contribution in [3.05, 3.63) is 65.0 Å². The predicted molar refractivity (Wildman–Crippen MR) is 113 cm³/mol. The molecular formula is C23H19F3N4O5. The van der Waals surface area contributed by atoms with Crippen LogP contribution in [0.25, 0.3) is 5.69 Å². The molecule has 1 saturated heterocycles. The minimum Gasteiger partial charge on any atom is -0.454 e. The number of rotatable bonds is 3. The minimum atomic E-state index is -4.71. The second-order valence-electron chi connectivity index (χ2n) is 8.65. The van der Waals surface area contributed by atoms with Gasteiger partial charge in [-0.1, -0.05) is 6.07 Å². The molecular weight excluding hydrogens is 469 g/mol. The lowest BCUT2D eigenvalue weighted by atomic mass is 9.98. The average molecular weight is 488 g/mol. The summed E-state index contributed by atoms with van der Waals surface area (Å²) in [6.45, 7) is 0.0318. The molecule has 9 nitrogen and oxygen atoms in total. The number of hydrogen-bond acceptors (Lipinski definition) is 7. The summed E-state index contributed by atoms with van der Waals surface area (Å²) in [4.78, 5) is 13.0. The molecule has 12 heteroatoms. The number of fused-ring (bicyclic) bond motifs is 5. The van der Waals surface area contributed by atoms with Crippen molar-refractivity contribution in [2.75, 3.05) is 11.9 Å². The third-order valence-electron chi connectivity index (χ3n) is 6.65. The quantitative estimate of drug-likeness (QED) is 0.423. The number of alkyl halides is 3. The maximum Gasteiger partial charge on any atom is 0.435 e. The largest absolute Gasteiger partial charge is 0.454 e. The maximum absolute atomic E-state index is 13.9. The van der Waals surface area contributed by atoms with Gasteiger partial charge in [0.1, 0.15) is 0 Å².